The molecular formula is C13H22NO2+. The predicted octanol–water partition coefficient (Wildman–Crippen LogP) is 1.44. The normalized spacial score (nSPS) is 11.5. The summed E-state index contributed by atoms with van der Waals surface area (Å²) >= 11 is 0. The average molecular weight is 224 g/mol. The largest absolute Gasteiger partial charge is 0.488 e. The van der Waals surface area contributed by atoms with Crippen molar-refractivity contribution >= 4 is 0 Å². The SMILES string of the molecule is Cc1ccc(OCC[N+](C)(C)CCO)cc1. The second kappa shape index (κ2) is 5.87. The Morgan fingerprint density at radius 1 is 1.12 bits per heavy atom. The van der Waals surface area contributed by atoms with Crippen LogP contribution in [0.25, 0.3) is 0 Å². The number of aliphatic hydroxyl groups is 1. The van der Waals surface area contributed by atoms with Gasteiger partial charge in [-0.15, -0.1) is 0 Å². The molecule has 0 aliphatic heterocycles. The number of benzene rings is 1. The Bertz CT molecular complexity index is 306. The summed E-state index contributed by atoms with van der Waals surface area (Å²) in [5.74, 6) is 0.912. The van der Waals surface area contributed by atoms with Crippen LogP contribution in [0.2, 0.25) is 0 Å². The van der Waals surface area contributed by atoms with Crippen LogP contribution in [0.3, 0.4) is 0 Å². The predicted molar refractivity (Wildman–Crippen MR) is 65.6 cm³/mol. The molecule has 0 radical (unpaired) electrons. The van der Waals surface area contributed by atoms with Gasteiger partial charge >= 0.3 is 0 Å². The van der Waals surface area contributed by atoms with E-state index in [4.69, 9.17) is 9.84 Å². The van der Waals surface area contributed by atoms with Gasteiger partial charge in [-0.05, 0) is 19.1 Å². The lowest BCUT2D eigenvalue weighted by Gasteiger charge is -2.28. The second-order valence-electron chi connectivity index (χ2n) is 4.77. The standard InChI is InChI=1S/C13H22NO2/c1-12-4-6-13(7-5-12)16-11-9-14(2,3)8-10-15/h4-7,15H,8-11H2,1-3H3/q+1. The number of quaternary nitrogens is 1. The van der Waals surface area contributed by atoms with E-state index >= 15 is 0 Å². The van der Waals surface area contributed by atoms with Gasteiger partial charge in [-0.25, -0.2) is 0 Å². The zero-order valence-electron chi connectivity index (χ0n) is 10.4. The smallest absolute Gasteiger partial charge is 0.137 e. The minimum absolute atomic E-state index is 0.220. The number of hydrogen-bond donors (Lipinski definition) is 1. The molecule has 16 heavy (non-hydrogen) atoms. The molecule has 90 valence electrons. The second-order valence-corrected chi connectivity index (χ2v) is 4.77. The van der Waals surface area contributed by atoms with Crippen molar-refractivity contribution in [3.63, 3.8) is 0 Å². The van der Waals surface area contributed by atoms with E-state index in [2.05, 4.69) is 21.0 Å². The molecule has 1 aromatic carbocycles. The highest BCUT2D eigenvalue weighted by molar-refractivity contribution is 5.26. The number of rotatable bonds is 6. The molecule has 1 rings (SSSR count). The Kier molecular flexibility index (Phi) is 4.77. The third-order valence-electron chi connectivity index (χ3n) is 2.69. The fraction of sp³-hybridized carbons (Fsp3) is 0.538. The maximum atomic E-state index is 8.89. The van der Waals surface area contributed by atoms with Crippen molar-refractivity contribution in [1.29, 1.82) is 0 Å². The van der Waals surface area contributed by atoms with Crippen molar-refractivity contribution in [2.75, 3.05) is 40.4 Å². The molecule has 0 fully saturated rings. The van der Waals surface area contributed by atoms with Gasteiger partial charge in [-0.2, -0.15) is 0 Å². The van der Waals surface area contributed by atoms with Crippen molar-refractivity contribution in [2.24, 2.45) is 0 Å². The van der Waals surface area contributed by atoms with Crippen LogP contribution in [0.1, 0.15) is 5.56 Å². The summed E-state index contributed by atoms with van der Waals surface area (Å²) < 4.78 is 6.43. The number of ether oxygens (including phenoxy) is 1. The monoisotopic (exact) mass is 224 g/mol. The number of aryl methyl sites for hydroxylation is 1. The van der Waals surface area contributed by atoms with E-state index in [0.717, 1.165) is 23.3 Å². The minimum Gasteiger partial charge on any atom is -0.488 e. The van der Waals surface area contributed by atoms with Crippen LogP contribution in [0.5, 0.6) is 5.75 Å². The molecule has 0 aliphatic rings. The van der Waals surface area contributed by atoms with Crippen molar-refractivity contribution in [2.45, 2.75) is 6.92 Å². The molecule has 3 nitrogen and oxygen atoms in total. The molecule has 1 N–H and O–H groups in total. The first-order chi connectivity index (χ1) is 7.53. The lowest BCUT2D eigenvalue weighted by Crippen LogP contribution is -2.44. The molecule has 0 aromatic heterocycles. The van der Waals surface area contributed by atoms with E-state index in [1.807, 2.05) is 24.3 Å². The Morgan fingerprint density at radius 3 is 2.31 bits per heavy atom. The molecule has 0 heterocycles. The topological polar surface area (TPSA) is 29.5 Å². The quantitative estimate of drug-likeness (QED) is 0.741. The zero-order valence-corrected chi connectivity index (χ0v) is 10.4. The summed E-state index contributed by atoms with van der Waals surface area (Å²) in [5, 5.41) is 8.89. The number of aliphatic hydroxyl groups excluding tert-OH is 1. The van der Waals surface area contributed by atoms with Gasteiger partial charge < -0.3 is 14.3 Å². The minimum atomic E-state index is 0.220. The summed E-state index contributed by atoms with van der Waals surface area (Å²) in [6.45, 7) is 4.62. The first kappa shape index (κ1) is 13.0. The van der Waals surface area contributed by atoms with E-state index in [0.29, 0.717) is 6.61 Å². The molecule has 0 amide bonds. The van der Waals surface area contributed by atoms with Crippen LogP contribution in [0.15, 0.2) is 24.3 Å². The zero-order chi connectivity index (χ0) is 12.0. The fourth-order valence-electron chi connectivity index (χ4n) is 1.43. The average Bonchev–Trinajstić information content (AvgIpc) is 2.20. The molecule has 0 spiro atoms. The maximum Gasteiger partial charge on any atom is 0.137 e. The number of hydrogen-bond acceptors (Lipinski definition) is 2. The van der Waals surface area contributed by atoms with Gasteiger partial charge in [0.05, 0.1) is 20.7 Å². The molecule has 3 heteroatoms. The van der Waals surface area contributed by atoms with E-state index < -0.39 is 0 Å². The molecule has 0 saturated heterocycles. The lowest BCUT2D eigenvalue weighted by molar-refractivity contribution is -0.890. The fourth-order valence-corrected chi connectivity index (χ4v) is 1.43. The molecule has 0 aliphatic carbocycles. The van der Waals surface area contributed by atoms with E-state index in [9.17, 15) is 0 Å². The van der Waals surface area contributed by atoms with Gasteiger partial charge in [-0.3, -0.25) is 0 Å². The number of nitrogens with zero attached hydrogens (tertiary/aromatic N) is 1. The summed E-state index contributed by atoms with van der Waals surface area (Å²) in [6, 6.07) is 8.06. The Hall–Kier alpha value is -1.06. The molecule has 0 saturated carbocycles. The van der Waals surface area contributed by atoms with Crippen molar-refractivity contribution in [3.8, 4) is 5.75 Å². The first-order valence-corrected chi connectivity index (χ1v) is 5.66. The summed E-state index contributed by atoms with van der Waals surface area (Å²) in [4.78, 5) is 0. The Labute approximate surface area is 97.9 Å². The van der Waals surface area contributed by atoms with Gasteiger partial charge in [0.2, 0.25) is 0 Å². The van der Waals surface area contributed by atoms with Gasteiger partial charge in [0.25, 0.3) is 0 Å². The van der Waals surface area contributed by atoms with Gasteiger partial charge in [0.15, 0.2) is 0 Å². The van der Waals surface area contributed by atoms with Crippen LogP contribution in [-0.2, 0) is 0 Å². The summed E-state index contributed by atoms with van der Waals surface area (Å²) in [5.41, 5.74) is 1.24. The van der Waals surface area contributed by atoms with Crippen molar-refractivity contribution in [1.82, 2.24) is 0 Å². The van der Waals surface area contributed by atoms with Crippen LogP contribution >= 0.6 is 0 Å². The van der Waals surface area contributed by atoms with Crippen LogP contribution in [0, 0.1) is 6.92 Å². The summed E-state index contributed by atoms with van der Waals surface area (Å²) in [7, 11) is 4.18. The van der Waals surface area contributed by atoms with Crippen LogP contribution < -0.4 is 4.74 Å². The van der Waals surface area contributed by atoms with Crippen LogP contribution in [-0.4, -0.2) is 50.0 Å². The van der Waals surface area contributed by atoms with E-state index in [1.165, 1.54) is 5.56 Å². The van der Waals surface area contributed by atoms with Crippen molar-refractivity contribution in [3.05, 3.63) is 29.8 Å². The summed E-state index contributed by atoms with van der Waals surface area (Å²) in [6.07, 6.45) is 0. The van der Waals surface area contributed by atoms with Crippen LogP contribution in [0.4, 0.5) is 0 Å². The van der Waals surface area contributed by atoms with E-state index in [1.54, 1.807) is 0 Å². The molecule has 0 atom stereocenters. The highest BCUT2D eigenvalue weighted by Gasteiger charge is 2.13. The highest BCUT2D eigenvalue weighted by atomic mass is 16.5. The van der Waals surface area contributed by atoms with Gasteiger partial charge in [0.1, 0.15) is 25.4 Å². The van der Waals surface area contributed by atoms with Gasteiger partial charge in [0, 0.05) is 0 Å². The maximum absolute atomic E-state index is 8.89. The molecular weight excluding hydrogens is 202 g/mol. The third kappa shape index (κ3) is 4.64. The Morgan fingerprint density at radius 2 is 1.75 bits per heavy atom. The lowest BCUT2D eigenvalue weighted by atomic mass is 10.2. The number of likely N-dealkylation sites (N-methyl/N-ethyl adjacent to an activating group) is 1. The van der Waals surface area contributed by atoms with Gasteiger partial charge in [-0.1, -0.05) is 17.7 Å². The first-order valence-electron chi connectivity index (χ1n) is 5.66. The molecule has 1 aromatic rings. The molecule has 0 unspecified atom stereocenters. The highest BCUT2D eigenvalue weighted by Crippen LogP contribution is 2.11. The molecule has 0 bridgehead atoms. The third-order valence-corrected chi connectivity index (χ3v) is 2.69. The Balaban J connectivity index is 2.32. The van der Waals surface area contributed by atoms with E-state index in [-0.39, 0.29) is 6.61 Å². The van der Waals surface area contributed by atoms with Crippen molar-refractivity contribution < 1.29 is 14.3 Å².